The number of aromatic nitrogens is 2. The minimum atomic E-state index is -0.351. The maximum Gasteiger partial charge on any atom is 0.270 e. The van der Waals surface area contributed by atoms with Gasteiger partial charge in [-0.25, -0.2) is 0 Å². The summed E-state index contributed by atoms with van der Waals surface area (Å²) in [7, 11) is 0. The van der Waals surface area contributed by atoms with Gasteiger partial charge in [-0.15, -0.1) is 0 Å². The highest BCUT2D eigenvalue weighted by atomic mass is 35.5. The van der Waals surface area contributed by atoms with Gasteiger partial charge in [-0.05, 0) is 17.7 Å². The summed E-state index contributed by atoms with van der Waals surface area (Å²) in [5.41, 5.74) is 3.76. The van der Waals surface area contributed by atoms with E-state index >= 15 is 0 Å². The lowest BCUT2D eigenvalue weighted by atomic mass is 9.97. The Labute approximate surface area is 142 Å². The molecule has 2 N–H and O–H groups in total. The third kappa shape index (κ3) is 2.31. The van der Waals surface area contributed by atoms with Crippen LogP contribution in [-0.2, 0) is 0 Å². The van der Waals surface area contributed by atoms with Crippen molar-refractivity contribution < 1.29 is 4.79 Å². The third-order valence-electron chi connectivity index (χ3n) is 3.92. The standard InChI is InChI=1S/C17H11Cl2N3O/c18-10-6-7-11(12(19)8-10)15-13-14(9-4-2-1-3-5-9)21-22-16(13)17(23)20-15/h1-8,15H,(H,20,23)(H,21,22). The van der Waals surface area contributed by atoms with Gasteiger partial charge >= 0.3 is 0 Å². The van der Waals surface area contributed by atoms with E-state index in [1.54, 1.807) is 12.1 Å². The monoisotopic (exact) mass is 343 g/mol. The van der Waals surface area contributed by atoms with Gasteiger partial charge in [-0.2, -0.15) is 5.10 Å². The molecule has 0 saturated carbocycles. The van der Waals surface area contributed by atoms with Gasteiger partial charge in [-0.1, -0.05) is 59.6 Å². The second-order valence-corrected chi connectivity index (χ2v) is 6.14. The van der Waals surface area contributed by atoms with Crippen LogP contribution in [0, 0.1) is 0 Å². The molecule has 1 aromatic heterocycles. The smallest absolute Gasteiger partial charge is 0.270 e. The van der Waals surface area contributed by atoms with E-state index < -0.39 is 0 Å². The molecule has 1 aliphatic heterocycles. The first-order chi connectivity index (χ1) is 11.1. The summed E-state index contributed by atoms with van der Waals surface area (Å²) in [6.45, 7) is 0. The Morgan fingerprint density at radius 2 is 1.83 bits per heavy atom. The molecule has 1 amide bonds. The zero-order valence-electron chi connectivity index (χ0n) is 11.8. The zero-order chi connectivity index (χ0) is 16.0. The molecule has 6 heteroatoms. The molecule has 1 unspecified atom stereocenters. The fraction of sp³-hybridized carbons (Fsp3) is 0.0588. The summed E-state index contributed by atoms with van der Waals surface area (Å²) in [4.78, 5) is 12.2. The van der Waals surface area contributed by atoms with Crippen molar-refractivity contribution in [2.75, 3.05) is 0 Å². The number of carbonyl (C=O) groups is 1. The number of nitrogens with zero attached hydrogens (tertiary/aromatic N) is 1. The lowest BCUT2D eigenvalue weighted by molar-refractivity contribution is 0.0955. The van der Waals surface area contributed by atoms with Gasteiger partial charge in [0.2, 0.25) is 0 Å². The Morgan fingerprint density at radius 1 is 1.04 bits per heavy atom. The number of halogens is 2. The van der Waals surface area contributed by atoms with Crippen molar-refractivity contribution in [3.05, 3.63) is 75.4 Å². The van der Waals surface area contributed by atoms with Crippen LogP contribution in [-0.4, -0.2) is 16.1 Å². The zero-order valence-corrected chi connectivity index (χ0v) is 13.3. The molecule has 1 atom stereocenters. The van der Waals surface area contributed by atoms with E-state index in [0.717, 1.165) is 22.4 Å². The first-order valence-electron chi connectivity index (χ1n) is 7.04. The lowest BCUT2D eigenvalue weighted by Gasteiger charge is -2.15. The van der Waals surface area contributed by atoms with Crippen LogP contribution < -0.4 is 5.32 Å². The Balaban J connectivity index is 1.89. The number of carbonyl (C=O) groups excluding carboxylic acids is 1. The largest absolute Gasteiger partial charge is 0.340 e. The normalized spacial score (nSPS) is 16.3. The number of hydrogen-bond acceptors (Lipinski definition) is 2. The van der Waals surface area contributed by atoms with Gasteiger partial charge in [0.1, 0.15) is 5.69 Å². The average Bonchev–Trinajstić information content (AvgIpc) is 3.10. The van der Waals surface area contributed by atoms with Gasteiger partial charge in [0.25, 0.3) is 5.91 Å². The number of rotatable bonds is 2. The lowest BCUT2D eigenvalue weighted by Crippen LogP contribution is -2.21. The molecule has 1 aliphatic rings. The van der Waals surface area contributed by atoms with Crippen molar-refractivity contribution >= 4 is 29.1 Å². The summed E-state index contributed by atoms with van der Waals surface area (Å²) in [5.74, 6) is -0.189. The number of amides is 1. The van der Waals surface area contributed by atoms with Crippen LogP contribution in [0.3, 0.4) is 0 Å². The minimum absolute atomic E-state index is 0.189. The van der Waals surface area contributed by atoms with Crippen LogP contribution in [0.25, 0.3) is 11.3 Å². The van der Waals surface area contributed by atoms with Crippen LogP contribution in [0.15, 0.2) is 48.5 Å². The van der Waals surface area contributed by atoms with Crippen LogP contribution in [0.4, 0.5) is 0 Å². The minimum Gasteiger partial charge on any atom is -0.340 e. The second kappa shape index (κ2) is 5.41. The van der Waals surface area contributed by atoms with Gasteiger partial charge < -0.3 is 5.32 Å². The van der Waals surface area contributed by atoms with Crippen LogP contribution in [0.5, 0.6) is 0 Å². The summed E-state index contributed by atoms with van der Waals surface area (Å²) in [5, 5.41) is 11.2. The fourth-order valence-electron chi connectivity index (χ4n) is 2.87. The van der Waals surface area contributed by atoms with E-state index in [4.69, 9.17) is 23.2 Å². The van der Waals surface area contributed by atoms with Crippen LogP contribution in [0.1, 0.15) is 27.7 Å². The Morgan fingerprint density at radius 3 is 2.57 bits per heavy atom. The van der Waals surface area contributed by atoms with Crippen molar-refractivity contribution in [3.8, 4) is 11.3 Å². The molecule has 4 nitrogen and oxygen atoms in total. The van der Waals surface area contributed by atoms with E-state index in [0.29, 0.717) is 15.7 Å². The predicted molar refractivity (Wildman–Crippen MR) is 89.8 cm³/mol. The second-order valence-electron chi connectivity index (χ2n) is 5.30. The van der Waals surface area contributed by atoms with Crippen LogP contribution in [0.2, 0.25) is 10.0 Å². The molecular weight excluding hydrogens is 333 g/mol. The molecule has 2 aromatic carbocycles. The number of aromatic amines is 1. The van der Waals surface area contributed by atoms with Gasteiger partial charge in [-0.3, -0.25) is 9.89 Å². The number of benzene rings is 2. The van der Waals surface area contributed by atoms with E-state index in [1.807, 2.05) is 36.4 Å². The number of nitrogens with one attached hydrogen (secondary N) is 2. The van der Waals surface area contributed by atoms with E-state index in [-0.39, 0.29) is 11.9 Å². The Bertz CT molecular complexity index is 905. The van der Waals surface area contributed by atoms with E-state index in [1.165, 1.54) is 0 Å². The first-order valence-corrected chi connectivity index (χ1v) is 7.80. The predicted octanol–water partition coefficient (Wildman–Crippen LogP) is 4.22. The highest BCUT2D eigenvalue weighted by Crippen LogP contribution is 2.39. The highest BCUT2D eigenvalue weighted by Gasteiger charge is 2.36. The molecule has 0 saturated heterocycles. The molecule has 23 heavy (non-hydrogen) atoms. The van der Waals surface area contributed by atoms with Crippen molar-refractivity contribution in [2.45, 2.75) is 6.04 Å². The van der Waals surface area contributed by atoms with Crippen molar-refractivity contribution in [3.63, 3.8) is 0 Å². The number of H-pyrrole nitrogens is 1. The molecule has 114 valence electrons. The van der Waals surface area contributed by atoms with Gasteiger partial charge in [0.05, 0.1) is 11.7 Å². The van der Waals surface area contributed by atoms with Crippen molar-refractivity contribution in [1.29, 1.82) is 0 Å². The molecule has 0 fully saturated rings. The molecule has 0 bridgehead atoms. The fourth-order valence-corrected chi connectivity index (χ4v) is 3.38. The van der Waals surface area contributed by atoms with Crippen molar-refractivity contribution in [2.24, 2.45) is 0 Å². The summed E-state index contributed by atoms with van der Waals surface area (Å²) in [6.07, 6.45) is 0. The maximum atomic E-state index is 12.2. The quantitative estimate of drug-likeness (QED) is 0.731. The van der Waals surface area contributed by atoms with Crippen molar-refractivity contribution in [1.82, 2.24) is 15.5 Å². The Hall–Kier alpha value is -2.30. The molecule has 4 rings (SSSR count). The molecule has 0 spiro atoms. The number of fused-ring (bicyclic) bond motifs is 1. The Kier molecular flexibility index (Phi) is 3.36. The molecular formula is C17H11Cl2N3O. The number of hydrogen-bond donors (Lipinski definition) is 2. The highest BCUT2D eigenvalue weighted by molar-refractivity contribution is 6.35. The molecule has 3 aromatic rings. The van der Waals surface area contributed by atoms with Gasteiger partial charge in [0.15, 0.2) is 0 Å². The molecule has 2 heterocycles. The summed E-state index contributed by atoms with van der Waals surface area (Å²) in [6, 6.07) is 14.6. The molecule has 0 aliphatic carbocycles. The van der Waals surface area contributed by atoms with E-state index in [2.05, 4.69) is 15.5 Å². The summed E-state index contributed by atoms with van der Waals surface area (Å²) >= 11 is 12.3. The van der Waals surface area contributed by atoms with Crippen LogP contribution >= 0.6 is 23.2 Å². The first kappa shape index (κ1) is 14.3. The van der Waals surface area contributed by atoms with Gasteiger partial charge in [0, 0.05) is 21.2 Å². The molecule has 0 radical (unpaired) electrons. The topological polar surface area (TPSA) is 57.8 Å². The maximum absolute atomic E-state index is 12.2. The summed E-state index contributed by atoms with van der Waals surface area (Å²) < 4.78 is 0. The third-order valence-corrected chi connectivity index (χ3v) is 4.48. The SMILES string of the molecule is O=C1NC(c2ccc(Cl)cc2Cl)c2c(-c3ccccc3)n[nH]c21. The average molecular weight is 344 g/mol. The van der Waals surface area contributed by atoms with E-state index in [9.17, 15) is 4.79 Å².